The van der Waals surface area contributed by atoms with Crippen LogP contribution in [0.3, 0.4) is 0 Å². The number of nitrogens with two attached hydrogens (primary N) is 1. The van der Waals surface area contributed by atoms with Crippen molar-refractivity contribution in [2.24, 2.45) is 5.73 Å². The van der Waals surface area contributed by atoms with E-state index in [9.17, 15) is 9.59 Å². The number of carboxylic acid groups (broad SMARTS) is 1. The molecule has 0 unspecified atom stereocenters. The number of rotatable bonds is 22. The van der Waals surface area contributed by atoms with Crippen molar-refractivity contribution in [2.45, 2.75) is 129 Å². The molecular formula is C25H48N2O3. The van der Waals surface area contributed by atoms with Crippen molar-refractivity contribution in [3.63, 3.8) is 0 Å². The molecule has 30 heavy (non-hydrogen) atoms. The van der Waals surface area contributed by atoms with E-state index in [2.05, 4.69) is 24.4 Å². The largest absolute Gasteiger partial charge is 0.480 e. The lowest BCUT2D eigenvalue weighted by Gasteiger charge is -2.06. The number of aliphatic carboxylic acids is 1. The van der Waals surface area contributed by atoms with Crippen LogP contribution < -0.4 is 11.1 Å². The Morgan fingerprint density at radius 3 is 1.90 bits per heavy atom. The fourth-order valence-electron chi connectivity index (χ4n) is 3.48. The molecule has 176 valence electrons. The highest BCUT2D eigenvalue weighted by atomic mass is 16.4. The van der Waals surface area contributed by atoms with Gasteiger partial charge in [0, 0.05) is 13.0 Å². The van der Waals surface area contributed by atoms with Crippen molar-refractivity contribution in [3.8, 4) is 0 Å². The van der Waals surface area contributed by atoms with Gasteiger partial charge in [0.15, 0.2) is 0 Å². The Morgan fingerprint density at radius 2 is 1.33 bits per heavy atom. The van der Waals surface area contributed by atoms with Gasteiger partial charge >= 0.3 is 5.97 Å². The summed E-state index contributed by atoms with van der Waals surface area (Å²) in [5, 5.41) is 11.6. The number of hydrogen-bond acceptors (Lipinski definition) is 3. The van der Waals surface area contributed by atoms with E-state index in [-0.39, 0.29) is 5.91 Å². The minimum absolute atomic E-state index is 0.0625. The number of hydrogen-bond donors (Lipinski definition) is 3. The summed E-state index contributed by atoms with van der Waals surface area (Å²) in [4.78, 5) is 22.3. The van der Waals surface area contributed by atoms with Crippen molar-refractivity contribution in [1.29, 1.82) is 0 Å². The molecule has 0 aliphatic heterocycles. The average molecular weight is 425 g/mol. The van der Waals surface area contributed by atoms with E-state index in [1.165, 1.54) is 77.0 Å². The van der Waals surface area contributed by atoms with E-state index in [0.717, 1.165) is 19.3 Å². The molecule has 1 atom stereocenters. The van der Waals surface area contributed by atoms with Crippen LogP contribution in [0.2, 0.25) is 0 Å². The molecule has 0 radical (unpaired) electrons. The van der Waals surface area contributed by atoms with Crippen LogP contribution in [0.1, 0.15) is 122 Å². The third-order valence-electron chi connectivity index (χ3n) is 5.51. The van der Waals surface area contributed by atoms with Crippen LogP contribution in [-0.4, -0.2) is 29.6 Å². The minimum Gasteiger partial charge on any atom is -0.480 e. The van der Waals surface area contributed by atoms with Crippen LogP contribution in [-0.2, 0) is 9.59 Å². The Kier molecular flexibility index (Phi) is 21.3. The second-order valence-electron chi connectivity index (χ2n) is 8.48. The summed E-state index contributed by atoms with van der Waals surface area (Å²) in [7, 11) is 0. The smallest absolute Gasteiger partial charge is 0.320 e. The SMILES string of the molecule is CCCCCCCCCCCCCC/C=C/CCC(=O)NCCCC[C@H](N)C(=O)O. The monoisotopic (exact) mass is 424 g/mol. The van der Waals surface area contributed by atoms with Crippen molar-refractivity contribution < 1.29 is 14.7 Å². The molecule has 5 nitrogen and oxygen atoms in total. The van der Waals surface area contributed by atoms with Gasteiger partial charge in [-0.2, -0.15) is 0 Å². The Balaban J connectivity index is 3.29. The highest BCUT2D eigenvalue weighted by Gasteiger charge is 2.10. The number of carbonyl (C=O) groups is 2. The van der Waals surface area contributed by atoms with Crippen LogP contribution in [0.4, 0.5) is 0 Å². The van der Waals surface area contributed by atoms with Gasteiger partial charge in [-0.3, -0.25) is 9.59 Å². The molecule has 0 saturated carbocycles. The van der Waals surface area contributed by atoms with Crippen molar-refractivity contribution >= 4 is 11.9 Å². The van der Waals surface area contributed by atoms with E-state index in [1.54, 1.807) is 0 Å². The Morgan fingerprint density at radius 1 is 0.800 bits per heavy atom. The van der Waals surface area contributed by atoms with E-state index >= 15 is 0 Å². The number of carboxylic acids is 1. The lowest BCUT2D eigenvalue weighted by atomic mass is 10.0. The molecule has 4 N–H and O–H groups in total. The first kappa shape index (κ1) is 28.6. The van der Waals surface area contributed by atoms with Gasteiger partial charge in [-0.1, -0.05) is 89.7 Å². The molecule has 0 aromatic carbocycles. The minimum atomic E-state index is -0.964. The summed E-state index contributed by atoms with van der Waals surface area (Å²) >= 11 is 0. The second-order valence-corrected chi connectivity index (χ2v) is 8.48. The van der Waals surface area contributed by atoms with Crippen LogP contribution in [0, 0.1) is 0 Å². The van der Waals surface area contributed by atoms with Crippen LogP contribution in [0.25, 0.3) is 0 Å². The molecule has 1 amide bonds. The zero-order valence-corrected chi connectivity index (χ0v) is 19.5. The van der Waals surface area contributed by atoms with Crippen LogP contribution >= 0.6 is 0 Å². The van der Waals surface area contributed by atoms with Gasteiger partial charge in [0.25, 0.3) is 0 Å². The predicted octanol–water partition coefficient (Wildman–Crippen LogP) is 6.11. The highest BCUT2D eigenvalue weighted by molar-refractivity contribution is 5.75. The molecule has 0 aliphatic carbocycles. The zero-order valence-electron chi connectivity index (χ0n) is 19.5. The van der Waals surface area contributed by atoms with Crippen molar-refractivity contribution in [2.75, 3.05) is 6.54 Å². The molecule has 0 aromatic rings. The fourth-order valence-corrected chi connectivity index (χ4v) is 3.48. The quantitative estimate of drug-likeness (QED) is 0.144. The first-order valence-electron chi connectivity index (χ1n) is 12.5. The van der Waals surface area contributed by atoms with Gasteiger partial charge < -0.3 is 16.2 Å². The molecule has 0 bridgehead atoms. The summed E-state index contributed by atoms with van der Waals surface area (Å²) in [6.07, 6.45) is 25.2. The first-order valence-corrected chi connectivity index (χ1v) is 12.5. The van der Waals surface area contributed by atoms with E-state index in [0.29, 0.717) is 25.8 Å². The fraction of sp³-hybridized carbons (Fsp3) is 0.840. The second kappa shape index (κ2) is 22.3. The number of carbonyl (C=O) groups excluding carboxylic acids is 1. The molecule has 0 spiro atoms. The maximum atomic E-state index is 11.7. The lowest BCUT2D eigenvalue weighted by molar-refractivity contribution is -0.138. The normalized spacial score (nSPS) is 12.3. The maximum Gasteiger partial charge on any atom is 0.320 e. The summed E-state index contributed by atoms with van der Waals surface area (Å²) in [6.45, 7) is 2.86. The van der Waals surface area contributed by atoms with Gasteiger partial charge in [0.1, 0.15) is 6.04 Å². The van der Waals surface area contributed by atoms with Gasteiger partial charge in [0.2, 0.25) is 5.91 Å². The number of nitrogens with one attached hydrogen (secondary N) is 1. The van der Waals surface area contributed by atoms with Crippen molar-refractivity contribution in [3.05, 3.63) is 12.2 Å². The number of allylic oxidation sites excluding steroid dienone is 2. The van der Waals surface area contributed by atoms with Gasteiger partial charge in [-0.25, -0.2) is 0 Å². The molecule has 0 rings (SSSR count). The van der Waals surface area contributed by atoms with E-state index < -0.39 is 12.0 Å². The standard InChI is InChI=1S/C25H48N2O3/c1-2-3-4-5-6-7-8-9-10-11-12-13-14-15-16-17-21-24(28)27-22-19-18-20-23(26)25(29)30/h15-16,23H,2-14,17-22,26H2,1H3,(H,27,28)(H,29,30)/b16-15+/t23-/m0/s1. The van der Waals surface area contributed by atoms with Crippen LogP contribution in [0.5, 0.6) is 0 Å². The predicted molar refractivity (Wildman–Crippen MR) is 127 cm³/mol. The summed E-state index contributed by atoms with van der Waals surface area (Å²) in [5.74, 6) is -0.901. The molecule has 0 saturated heterocycles. The number of amides is 1. The van der Waals surface area contributed by atoms with E-state index in [4.69, 9.17) is 10.8 Å². The zero-order chi connectivity index (χ0) is 22.3. The molecule has 5 heteroatoms. The third-order valence-corrected chi connectivity index (χ3v) is 5.51. The lowest BCUT2D eigenvalue weighted by Crippen LogP contribution is -2.30. The van der Waals surface area contributed by atoms with E-state index in [1.807, 2.05) is 0 Å². The van der Waals surface area contributed by atoms with Gasteiger partial charge in [-0.15, -0.1) is 0 Å². The molecule has 0 aromatic heterocycles. The number of unbranched alkanes of at least 4 members (excludes halogenated alkanes) is 13. The third kappa shape index (κ3) is 21.4. The molecule has 0 aliphatic rings. The van der Waals surface area contributed by atoms with Gasteiger partial charge in [0.05, 0.1) is 0 Å². The van der Waals surface area contributed by atoms with Gasteiger partial charge in [-0.05, 0) is 38.5 Å². The molecule has 0 heterocycles. The highest BCUT2D eigenvalue weighted by Crippen LogP contribution is 2.12. The average Bonchev–Trinajstić information content (AvgIpc) is 2.72. The van der Waals surface area contributed by atoms with Crippen LogP contribution in [0.15, 0.2) is 12.2 Å². The Bertz CT molecular complexity index is 438. The summed E-state index contributed by atoms with van der Waals surface area (Å²) in [5.41, 5.74) is 5.44. The summed E-state index contributed by atoms with van der Waals surface area (Å²) < 4.78 is 0. The molecule has 0 fully saturated rings. The topological polar surface area (TPSA) is 92.4 Å². The maximum absolute atomic E-state index is 11.7. The molecular weight excluding hydrogens is 376 g/mol. The van der Waals surface area contributed by atoms with Crippen molar-refractivity contribution in [1.82, 2.24) is 5.32 Å². The summed E-state index contributed by atoms with van der Waals surface area (Å²) in [6, 6.07) is -0.795. The Labute approximate surface area is 185 Å². The Hall–Kier alpha value is -1.36. The first-order chi connectivity index (χ1) is 14.6.